The molecular weight excluding hydrogens is 276 g/mol. The number of morpholine rings is 1. The van der Waals surface area contributed by atoms with E-state index in [1.807, 2.05) is 30.3 Å². The van der Waals surface area contributed by atoms with Crippen LogP contribution in [0.3, 0.4) is 0 Å². The number of amides is 1. The zero-order chi connectivity index (χ0) is 15.5. The van der Waals surface area contributed by atoms with E-state index in [4.69, 9.17) is 4.74 Å². The highest BCUT2D eigenvalue weighted by Gasteiger charge is 2.32. The molecule has 0 radical (unpaired) electrons. The first-order chi connectivity index (χ1) is 10.6. The minimum absolute atomic E-state index is 0.178. The average molecular weight is 302 g/mol. The Hall–Kier alpha value is -1.39. The number of nitrogens with zero attached hydrogens (tertiary/aromatic N) is 2. The Labute approximate surface area is 133 Å². The van der Waals surface area contributed by atoms with E-state index in [9.17, 15) is 4.79 Å². The van der Waals surface area contributed by atoms with Crippen molar-refractivity contribution in [1.82, 2.24) is 9.80 Å². The number of hydrogen-bond acceptors (Lipinski definition) is 3. The number of ether oxygens (including phenoxy) is 1. The summed E-state index contributed by atoms with van der Waals surface area (Å²) in [4.78, 5) is 17.2. The average Bonchev–Trinajstić information content (AvgIpc) is 2.94. The first-order valence-corrected chi connectivity index (χ1v) is 8.37. The van der Waals surface area contributed by atoms with Gasteiger partial charge in [0.05, 0.1) is 12.2 Å². The van der Waals surface area contributed by atoms with Crippen molar-refractivity contribution in [2.75, 3.05) is 26.2 Å². The maximum Gasteiger partial charge on any atom is 0.254 e. The van der Waals surface area contributed by atoms with Gasteiger partial charge in [-0.05, 0) is 38.8 Å². The summed E-state index contributed by atoms with van der Waals surface area (Å²) < 4.78 is 5.80. The van der Waals surface area contributed by atoms with Crippen LogP contribution in [0.15, 0.2) is 30.3 Å². The van der Waals surface area contributed by atoms with Crippen LogP contribution in [0.1, 0.15) is 37.0 Å². The number of carbonyl (C=O) groups is 1. The minimum atomic E-state index is 0.178. The second-order valence-corrected chi connectivity index (χ2v) is 6.64. The van der Waals surface area contributed by atoms with Crippen molar-refractivity contribution in [1.29, 1.82) is 0 Å². The van der Waals surface area contributed by atoms with Crippen molar-refractivity contribution in [3.63, 3.8) is 0 Å². The molecule has 1 aromatic carbocycles. The Kier molecular flexibility index (Phi) is 4.79. The summed E-state index contributed by atoms with van der Waals surface area (Å²) in [7, 11) is 0. The Morgan fingerprint density at radius 3 is 2.55 bits per heavy atom. The van der Waals surface area contributed by atoms with Gasteiger partial charge in [0.25, 0.3) is 5.91 Å². The lowest BCUT2D eigenvalue weighted by Crippen LogP contribution is -2.50. The van der Waals surface area contributed by atoms with Crippen molar-refractivity contribution >= 4 is 5.91 Å². The Bertz CT molecular complexity index is 495. The maximum atomic E-state index is 12.7. The van der Waals surface area contributed by atoms with E-state index in [1.54, 1.807) is 0 Å². The summed E-state index contributed by atoms with van der Waals surface area (Å²) in [5, 5.41) is 0. The van der Waals surface area contributed by atoms with Crippen molar-refractivity contribution in [2.24, 2.45) is 0 Å². The number of rotatable bonds is 3. The van der Waals surface area contributed by atoms with Gasteiger partial charge < -0.3 is 9.64 Å². The van der Waals surface area contributed by atoms with E-state index in [0.29, 0.717) is 6.04 Å². The highest BCUT2D eigenvalue weighted by molar-refractivity contribution is 5.94. The summed E-state index contributed by atoms with van der Waals surface area (Å²) in [5.74, 6) is 0.178. The van der Waals surface area contributed by atoms with Gasteiger partial charge in [-0.15, -0.1) is 0 Å². The van der Waals surface area contributed by atoms with Crippen LogP contribution in [-0.2, 0) is 4.74 Å². The molecule has 0 unspecified atom stereocenters. The lowest BCUT2D eigenvalue weighted by Gasteiger charge is -2.38. The van der Waals surface area contributed by atoms with Gasteiger partial charge in [-0.2, -0.15) is 0 Å². The fraction of sp³-hybridized carbons (Fsp3) is 0.611. The molecule has 3 atom stereocenters. The molecule has 2 fully saturated rings. The van der Waals surface area contributed by atoms with Crippen LogP contribution in [0.25, 0.3) is 0 Å². The molecule has 0 bridgehead atoms. The van der Waals surface area contributed by atoms with Crippen LogP contribution in [0.4, 0.5) is 0 Å². The molecule has 0 aromatic heterocycles. The van der Waals surface area contributed by atoms with Crippen molar-refractivity contribution < 1.29 is 9.53 Å². The van der Waals surface area contributed by atoms with Crippen LogP contribution in [0.2, 0.25) is 0 Å². The molecule has 0 spiro atoms. The van der Waals surface area contributed by atoms with Gasteiger partial charge in [0.2, 0.25) is 0 Å². The molecule has 2 saturated heterocycles. The standard InChI is InChI=1S/C18H26N2O2/c1-14-11-19(12-15(2)22-14)13-17-9-6-10-20(17)18(21)16-7-4-3-5-8-16/h3-5,7-8,14-15,17H,6,9-13H2,1-2H3/t14-,15-,17+/m1/s1. The van der Waals surface area contributed by atoms with Crippen LogP contribution >= 0.6 is 0 Å². The zero-order valence-corrected chi connectivity index (χ0v) is 13.6. The van der Waals surface area contributed by atoms with E-state index in [1.165, 1.54) is 0 Å². The van der Waals surface area contributed by atoms with Gasteiger partial charge in [0, 0.05) is 37.8 Å². The molecule has 2 aliphatic heterocycles. The van der Waals surface area contributed by atoms with Crippen LogP contribution < -0.4 is 0 Å². The lowest BCUT2D eigenvalue weighted by molar-refractivity contribution is -0.0715. The Morgan fingerprint density at radius 1 is 1.18 bits per heavy atom. The van der Waals surface area contributed by atoms with E-state index < -0.39 is 0 Å². The summed E-state index contributed by atoms with van der Waals surface area (Å²) in [5.41, 5.74) is 0.804. The monoisotopic (exact) mass is 302 g/mol. The Balaban J connectivity index is 1.64. The predicted octanol–water partition coefficient (Wildman–Crippen LogP) is 2.40. The van der Waals surface area contributed by atoms with Crippen LogP contribution in [0.5, 0.6) is 0 Å². The molecule has 3 rings (SSSR count). The summed E-state index contributed by atoms with van der Waals surface area (Å²) >= 11 is 0. The Morgan fingerprint density at radius 2 is 1.86 bits per heavy atom. The lowest BCUT2D eigenvalue weighted by atomic mass is 10.1. The van der Waals surface area contributed by atoms with Crippen molar-refractivity contribution in [3.8, 4) is 0 Å². The summed E-state index contributed by atoms with van der Waals surface area (Å²) in [6.07, 6.45) is 2.78. The van der Waals surface area contributed by atoms with Crippen molar-refractivity contribution in [2.45, 2.75) is 44.9 Å². The number of carbonyl (C=O) groups excluding carboxylic acids is 1. The number of hydrogen-bond donors (Lipinski definition) is 0. The fourth-order valence-electron chi connectivity index (χ4n) is 3.77. The maximum absolute atomic E-state index is 12.7. The highest BCUT2D eigenvalue weighted by Crippen LogP contribution is 2.22. The third kappa shape index (κ3) is 3.50. The molecule has 0 aliphatic carbocycles. The molecule has 22 heavy (non-hydrogen) atoms. The van der Waals surface area contributed by atoms with Gasteiger partial charge >= 0.3 is 0 Å². The van der Waals surface area contributed by atoms with E-state index in [0.717, 1.165) is 44.6 Å². The topological polar surface area (TPSA) is 32.8 Å². The molecule has 2 heterocycles. The fourth-order valence-corrected chi connectivity index (χ4v) is 3.77. The van der Waals surface area contributed by atoms with Crippen LogP contribution in [0, 0.1) is 0 Å². The van der Waals surface area contributed by atoms with E-state index >= 15 is 0 Å². The molecule has 0 N–H and O–H groups in total. The molecule has 4 heteroatoms. The molecule has 120 valence electrons. The zero-order valence-electron chi connectivity index (χ0n) is 13.6. The smallest absolute Gasteiger partial charge is 0.254 e. The molecule has 2 aliphatic rings. The SMILES string of the molecule is C[C@@H]1CN(C[C@@H]2CCCN2C(=O)c2ccccc2)C[C@@H](C)O1. The second kappa shape index (κ2) is 6.80. The number of likely N-dealkylation sites (tertiary alicyclic amines) is 1. The van der Waals surface area contributed by atoms with Crippen molar-refractivity contribution in [3.05, 3.63) is 35.9 Å². The normalized spacial score (nSPS) is 29.7. The van der Waals surface area contributed by atoms with Gasteiger partial charge in [-0.25, -0.2) is 0 Å². The van der Waals surface area contributed by atoms with Gasteiger partial charge in [-0.3, -0.25) is 9.69 Å². The second-order valence-electron chi connectivity index (χ2n) is 6.64. The van der Waals surface area contributed by atoms with Crippen LogP contribution in [-0.4, -0.2) is 60.1 Å². The van der Waals surface area contributed by atoms with E-state index in [-0.39, 0.29) is 18.1 Å². The highest BCUT2D eigenvalue weighted by atomic mass is 16.5. The first kappa shape index (κ1) is 15.5. The molecular formula is C18H26N2O2. The third-order valence-corrected chi connectivity index (χ3v) is 4.62. The summed E-state index contributed by atoms with van der Waals surface area (Å²) in [6, 6.07) is 9.99. The summed E-state index contributed by atoms with van der Waals surface area (Å²) in [6.45, 7) is 8.04. The molecule has 4 nitrogen and oxygen atoms in total. The number of benzene rings is 1. The van der Waals surface area contributed by atoms with E-state index in [2.05, 4.69) is 23.6 Å². The quantitative estimate of drug-likeness (QED) is 0.859. The predicted molar refractivity (Wildman–Crippen MR) is 86.9 cm³/mol. The molecule has 0 saturated carbocycles. The first-order valence-electron chi connectivity index (χ1n) is 8.37. The molecule has 1 amide bonds. The van der Waals surface area contributed by atoms with Gasteiger partial charge in [0.1, 0.15) is 0 Å². The third-order valence-electron chi connectivity index (χ3n) is 4.62. The van der Waals surface area contributed by atoms with Gasteiger partial charge in [-0.1, -0.05) is 18.2 Å². The molecule has 1 aromatic rings. The van der Waals surface area contributed by atoms with Gasteiger partial charge in [0.15, 0.2) is 0 Å². The minimum Gasteiger partial charge on any atom is -0.373 e. The largest absolute Gasteiger partial charge is 0.373 e.